The van der Waals surface area contributed by atoms with Crippen LogP contribution in [0.25, 0.3) is 0 Å². The summed E-state index contributed by atoms with van der Waals surface area (Å²) in [5.74, 6) is 4.33. The first-order chi connectivity index (χ1) is 10.9. The number of aliphatic hydroxyl groups is 1. The Bertz CT molecular complexity index is 792. The number of carboxylic acids is 1. The molecule has 23 heavy (non-hydrogen) atoms. The van der Waals surface area contributed by atoms with Gasteiger partial charge in [-0.05, 0) is 24.8 Å². The molecule has 0 aliphatic carbocycles. The van der Waals surface area contributed by atoms with E-state index >= 15 is 0 Å². The van der Waals surface area contributed by atoms with Gasteiger partial charge in [0.2, 0.25) is 0 Å². The van der Waals surface area contributed by atoms with Gasteiger partial charge in [-0.2, -0.15) is 0 Å². The van der Waals surface area contributed by atoms with E-state index in [0.29, 0.717) is 29.5 Å². The number of aromatic nitrogens is 1. The monoisotopic (exact) mass is 311 g/mol. The molecule has 0 amide bonds. The predicted octanol–water partition coefficient (Wildman–Crippen LogP) is 2.35. The predicted molar refractivity (Wildman–Crippen MR) is 85.4 cm³/mol. The Labute approximate surface area is 134 Å². The van der Waals surface area contributed by atoms with E-state index < -0.39 is 11.6 Å². The summed E-state index contributed by atoms with van der Waals surface area (Å²) < 4.78 is 0. The lowest BCUT2D eigenvalue weighted by Crippen LogP contribution is -2.18. The fourth-order valence-electron chi connectivity index (χ4n) is 2.37. The van der Waals surface area contributed by atoms with Gasteiger partial charge in [0, 0.05) is 5.56 Å². The number of aromatic carboxylic acids is 1. The van der Waals surface area contributed by atoms with Crippen LogP contribution in [0.3, 0.4) is 0 Å². The summed E-state index contributed by atoms with van der Waals surface area (Å²) in [6, 6.07) is 8.94. The summed E-state index contributed by atoms with van der Waals surface area (Å²) >= 11 is 0. The van der Waals surface area contributed by atoms with Crippen molar-refractivity contribution in [1.82, 2.24) is 4.98 Å². The Hall–Kier alpha value is -2.84. The Morgan fingerprint density at radius 1 is 1.35 bits per heavy atom. The smallest absolute Gasteiger partial charge is 0.338 e. The summed E-state index contributed by atoms with van der Waals surface area (Å²) in [5.41, 5.74) is -0.0447. The molecule has 2 aromatic rings. The van der Waals surface area contributed by atoms with Crippen LogP contribution in [0.5, 0.6) is 0 Å². The van der Waals surface area contributed by atoms with Crippen LogP contribution >= 0.6 is 0 Å². The molecule has 0 spiro atoms. The standard InChI is InChI=1S/C18H17NO4/c1-3-13-14(19-15(11-20)16(13)17(21)22)9-10-18(2,23)12-7-5-4-6-8-12/h4-8,11,19,23H,3H2,1-2H3,(H,21,22). The maximum atomic E-state index is 11.3. The number of carbonyl (C=O) groups excluding carboxylic acids is 1. The third kappa shape index (κ3) is 3.33. The molecule has 3 N–H and O–H groups in total. The lowest BCUT2D eigenvalue weighted by Gasteiger charge is -2.16. The molecule has 0 aliphatic heterocycles. The Balaban J connectivity index is 2.50. The number of hydrogen-bond acceptors (Lipinski definition) is 3. The van der Waals surface area contributed by atoms with Crippen LogP contribution < -0.4 is 0 Å². The molecular formula is C18H17NO4. The quantitative estimate of drug-likeness (QED) is 0.597. The normalized spacial score (nSPS) is 12.8. The Kier molecular flexibility index (Phi) is 4.68. The van der Waals surface area contributed by atoms with Gasteiger partial charge in [-0.1, -0.05) is 43.2 Å². The second kappa shape index (κ2) is 6.51. The van der Waals surface area contributed by atoms with Crippen molar-refractivity contribution in [2.75, 3.05) is 0 Å². The molecule has 1 aromatic carbocycles. The van der Waals surface area contributed by atoms with Gasteiger partial charge in [-0.15, -0.1) is 0 Å². The molecule has 1 heterocycles. The molecule has 118 valence electrons. The van der Waals surface area contributed by atoms with Crippen molar-refractivity contribution in [3.63, 3.8) is 0 Å². The van der Waals surface area contributed by atoms with Crippen molar-refractivity contribution < 1.29 is 19.8 Å². The summed E-state index contributed by atoms with van der Waals surface area (Å²) in [6.45, 7) is 3.34. The highest BCUT2D eigenvalue weighted by atomic mass is 16.4. The van der Waals surface area contributed by atoms with Gasteiger partial charge in [-0.25, -0.2) is 4.79 Å². The zero-order chi connectivity index (χ0) is 17.0. The Morgan fingerprint density at radius 3 is 2.52 bits per heavy atom. The van der Waals surface area contributed by atoms with Crippen LogP contribution in [0.15, 0.2) is 30.3 Å². The molecule has 0 aliphatic rings. The minimum atomic E-state index is -1.39. The van der Waals surface area contributed by atoms with E-state index in [9.17, 15) is 19.8 Å². The van der Waals surface area contributed by atoms with Gasteiger partial charge < -0.3 is 15.2 Å². The van der Waals surface area contributed by atoms with Gasteiger partial charge in [0.1, 0.15) is 5.60 Å². The van der Waals surface area contributed by atoms with Crippen molar-refractivity contribution in [3.05, 3.63) is 58.4 Å². The minimum absolute atomic E-state index is 0.0157. The van der Waals surface area contributed by atoms with Crippen LogP contribution in [-0.2, 0) is 12.0 Å². The third-order valence-corrected chi connectivity index (χ3v) is 3.58. The molecule has 0 bridgehead atoms. The molecule has 1 unspecified atom stereocenters. The first kappa shape index (κ1) is 16.5. The van der Waals surface area contributed by atoms with E-state index in [2.05, 4.69) is 16.8 Å². The topological polar surface area (TPSA) is 90.4 Å². The van der Waals surface area contributed by atoms with Gasteiger partial charge in [0.05, 0.1) is 17.0 Å². The first-order valence-corrected chi connectivity index (χ1v) is 7.15. The summed E-state index contributed by atoms with van der Waals surface area (Å²) in [7, 11) is 0. The zero-order valence-corrected chi connectivity index (χ0v) is 12.9. The summed E-state index contributed by atoms with van der Waals surface area (Å²) in [5, 5.41) is 19.7. The maximum absolute atomic E-state index is 11.3. The van der Waals surface area contributed by atoms with Gasteiger partial charge in [0.25, 0.3) is 0 Å². The minimum Gasteiger partial charge on any atom is -0.478 e. The highest BCUT2D eigenvalue weighted by molar-refractivity contribution is 5.98. The molecule has 5 nitrogen and oxygen atoms in total. The highest BCUT2D eigenvalue weighted by Gasteiger charge is 2.22. The fourth-order valence-corrected chi connectivity index (χ4v) is 2.37. The highest BCUT2D eigenvalue weighted by Crippen LogP contribution is 2.21. The van der Waals surface area contributed by atoms with Gasteiger partial charge >= 0.3 is 5.97 Å². The molecule has 0 saturated heterocycles. The molecule has 0 radical (unpaired) electrons. The van der Waals surface area contributed by atoms with Crippen LogP contribution in [0.4, 0.5) is 0 Å². The second-order valence-electron chi connectivity index (χ2n) is 5.23. The van der Waals surface area contributed by atoms with Gasteiger partial charge in [-0.3, -0.25) is 4.79 Å². The number of carbonyl (C=O) groups is 2. The van der Waals surface area contributed by atoms with Crippen molar-refractivity contribution in [2.24, 2.45) is 0 Å². The van der Waals surface area contributed by atoms with Crippen molar-refractivity contribution in [2.45, 2.75) is 25.9 Å². The van der Waals surface area contributed by atoms with Crippen LogP contribution in [0.2, 0.25) is 0 Å². The van der Waals surface area contributed by atoms with Crippen molar-refractivity contribution in [3.8, 4) is 11.8 Å². The summed E-state index contributed by atoms with van der Waals surface area (Å²) in [6.07, 6.45) is 0.868. The maximum Gasteiger partial charge on any atom is 0.338 e. The van der Waals surface area contributed by atoms with Gasteiger partial charge in [0.15, 0.2) is 6.29 Å². The van der Waals surface area contributed by atoms with Crippen LogP contribution in [0, 0.1) is 11.8 Å². The molecule has 1 atom stereocenters. The third-order valence-electron chi connectivity index (χ3n) is 3.58. The number of rotatable bonds is 4. The van der Waals surface area contributed by atoms with E-state index in [1.165, 1.54) is 0 Å². The molecule has 5 heteroatoms. The van der Waals surface area contributed by atoms with Crippen LogP contribution in [-0.4, -0.2) is 27.5 Å². The molecule has 0 saturated carbocycles. The molecular weight excluding hydrogens is 294 g/mol. The number of nitrogens with one attached hydrogen (secondary N) is 1. The van der Waals surface area contributed by atoms with E-state index in [1.54, 1.807) is 38.1 Å². The summed E-state index contributed by atoms with van der Waals surface area (Å²) in [4.78, 5) is 25.1. The lowest BCUT2D eigenvalue weighted by molar-refractivity contribution is 0.0693. The fraction of sp³-hybridized carbons (Fsp3) is 0.222. The van der Waals surface area contributed by atoms with Crippen molar-refractivity contribution >= 4 is 12.3 Å². The van der Waals surface area contributed by atoms with E-state index in [0.717, 1.165) is 0 Å². The lowest BCUT2D eigenvalue weighted by atomic mass is 9.96. The number of aromatic amines is 1. The molecule has 1 aromatic heterocycles. The van der Waals surface area contributed by atoms with Crippen LogP contribution in [0.1, 0.15) is 51.5 Å². The zero-order valence-electron chi connectivity index (χ0n) is 12.9. The van der Waals surface area contributed by atoms with E-state index in [-0.39, 0.29) is 11.3 Å². The SMILES string of the molecule is CCc1c(C#CC(C)(O)c2ccccc2)[nH]c(C=O)c1C(=O)O. The second-order valence-corrected chi connectivity index (χ2v) is 5.23. The number of H-pyrrole nitrogens is 1. The molecule has 0 fully saturated rings. The number of hydrogen-bond donors (Lipinski definition) is 3. The van der Waals surface area contributed by atoms with Crippen molar-refractivity contribution in [1.29, 1.82) is 0 Å². The number of aldehydes is 1. The number of benzene rings is 1. The largest absolute Gasteiger partial charge is 0.478 e. The van der Waals surface area contributed by atoms with E-state index in [4.69, 9.17) is 0 Å². The average Bonchev–Trinajstić information content (AvgIpc) is 2.92. The average molecular weight is 311 g/mol. The van der Waals surface area contributed by atoms with E-state index in [1.807, 2.05) is 6.07 Å². The first-order valence-electron chi connectivity index (χ1n) is 7.15. The Morgan fingerprint density at radius 2 is 2.00 bits per heavy atom. The molecule has 2 rings (SSSR count). The number of carboxylic acid groups (broad SMARTS) is 1.